The van der Waals surface area contributed by atoms with Gasteiger partial charge in [0.05, 0.1) is 4.47 Å². The zero-order chi connectivity index (χ0) is 14.5. The zero-order valence-corrected chi connectivity index (χ0v) is 12.5. The van der Waals surface area contributed by atoms with Crippen LogP contribution >= 0.6 is 15.9 Å². The predicted octanol–water partition coefficient (Wildman–Crippen LogP) is 2.83. The molecule has 0 unspecified atom stereocenters. The van der Waals surface area contributed by atoms with E-state index in [1.165, 1.54) is 6.07 Å². The molecule has 4 nitrogen and oxygen atoms in total. The van der Waals surface area contributed by atoms with E-state index in [-0.39, 0.29) is 17.7 Å². The predicted molar refractivity (Wildman–Crippen MR) is 77.7 cm³/mol. The van der Waals surface area contributed by atoms with E-state index in [1.54, 1.807) is 12.1 Å². The van der Waals surface area contributed by atoms with Crippen molar-refractivity contribution in [2.45, 2.75) is 25.7 Å². The second kappa shape index (κ2) is 6.83. The van der Waals surface area contributed by atoms with Crippen LogP contribution in [0.2, 0.25) is 0 Å². The first kappa shape index (κ1) is 15.0. The lowest BCUT2D eigenvalue weighted by atomic mass is 10.2. The molecule has 2 amide bonds. The van der Waals surface area contributed by atoms with Crippen molar-refractivity contribution in [1.29, 1.82) is 0 Å². The van der Waals surface area contributed by atoms with Crippen LogP contribution in [0.25, 0.3) is 0 Å². The van der Waals surface area contributed by atoms with Gasteiger partial charge in [0.2, 0.25) is 11.8 Å². The summed E-state index contributed by atoms with van der Waals surface area (Å²) in [5.74, 6) is -0.332. The smallest absolute Gasteiger partial charge is 0.224 e. The fourth-order valence-corrected chi connectivity index (χ4v) is 1.99. The molecular weight excluding hydrogens is 327 g/mol. The number of carbonyl (C=O) groups is 2. The maximum Gasteiger partial charge on any atom is 0.224 e. The molecule has 1 saturated carbocycles. The molecule has 0 aliphatic heterocycles. The normalized spacial score (nSPS) is 13.9. The number of hydrogen-bond donors (Lipinski definition) is 2. The Morgan fingerprint density at radius 2 is 2.10 bits per heavy atom. The third-order valence-corrected chi connectivity index (χ3v) is 3.67. The molecule has 0 heterocycles. The molecule has 0 radical (unpaired) electrons. The van der Waals surface area contributed by atoms with Crippen molar-refractivity contribution in [3.8, 4) is 0 Å². The van der Waals surface area contributed by atoms with Crippen molar-refractivity contribution in [3.05, 3.63) is 28.5 Å². The van der Waals surface area contributed by atoms with Crippen molar-refractivity contribution < 1.29 is 14.0 Å². The first-order valence-corrected chi connectivity index (χ1v) is 7.38. The summed E-state index contributed by atoms with van der Waals surface area (Å²) >= 11 is 3.05. The maximum atomic E-state index is 13.3. The molecule has 0 bridgehead atoms. The number of nitrogens with one attached hydrogen (secondary N) is 2. The average Bonchev–Trinajstić information content (AvgIpc) is 3.23. The molecule has 20 heavy (non-hydrogen) atoms. The molecule has 1 aromatic rings. The fourth-order valence-electron chi connectivity index (χ4n) is 1.75. The highest BCUT2D eigenvalue weighted by atomic mass is 79.9. The fraction of sp³-hybridized carbons (Fsp3) is 0.429. The number of hydrogen-bond acceptors (Lipinski definition) is 2. The third kappa shape index (κ3) is 4.59. The average molecular weight is 343 g/mol. The van der Waals surface area contributed by atoms with Gasteiger partial charge in [-0.15, -0.1) is 0 Å². The van der Waals surface area contributed by atoms with Gasteiger partial charge in [0.15, 0.2) is 0 Å². The highest BCUT2D eigenvalue weighted by Crippen LogP contribution is 2.28. The van der Waals surface area contributed by atoms with Gasteiger partial charge in [0.1, 0.15) is 5.82 Å². The Balaban J connectivity index is 1.66. The monoisotopic (exact) mass is 342 g/mol. The summed E-state index contributed by atoms with van der Waals surface area (Å²) in [4.78, 5) is 23.0. The molecule has 0 aromatic heterocycles. The van der Waals surface area contributed by atoms with Gasteiger partial charge < -0.3 is 10.6 Å². The van der Waals surface area contributed by atoms with Crippen LogP contribution in [0, 0.1) is 11.7 Å². The molecule has 0 spiro atoms. The summed E-state index contributed by atoms with van der Waals surface area (Å²) in [6, 6.07) is 4.43. The summed E-state index contributed by atoms with van der Waals surface area (Å²) in [6.45, 7) is 0.497. The third-order valence-electron chi connectivity index (χ3n) is 3.03. The van der Waals surface area contributed by atoms with E-state index in [4.69, 9.17) is 0 Å². The Kier molecular flexibility index (Phi) is 5.11. The van der Waals surface area contributed by atoms with E-state index in [0.717, 1.165) is 12.8 Å². The van der Waals surface area contributed by atoms with Crippen LogP contribution in [0.5, 0.6) is 0 Å². The first-order valence-electron chi connectivity index (χ1n) is 6.59. The molecule has 6 heteroatoms. The standard InChI is InChI=1S/C14H16BrFN2O2/c15-11-6-5-10(8-12(11)16)18-13(19)2-1-7-17-14(20)9-3-4-9/h5-6,8-9H,1-4,7H2,(H,17,20)(H,18,19). The van der Waals surface area contributed by atoms with Gasteiger partial charge in [-0.05, 0) is 53.4 Å². The van der Waals surface area contributed by atoms with Gasteiger partial charge in [-0.1, -0.05) is 0 Å². The molecule has 1 aliphatic rings. The van der Waals surface area contributed by atoms with Crippen molar-refractivity contribution in [2.75, 3.05) is 11.9 Å². The number of halogens is 2. The highest BCUT2D eigenvalue weighted by Gasteiger charge is 2.28. The summed E-state index contributed by atoms with van der Waals surface area (Å²) < 4.78 is 13.6. The molecule has 2 N–H and O–H groups in total. The first-order chi connectivity index (χ1) is 9.56. The molecule has 1 aliphatic carbocycles. The second-order valence-electron chi connectivity index (χ2n) is 4.85. The summed E-state index contributed by atoms with van der Waals surface area (Å²) in [5.41, 5.74) is 0.428. The number of rotatable bonds is 6. The maximum absolute atomic E-state index is 13.3. The number of amides is 2. The van der Waals surface area contributed by atoms with E-state index in [2.05, 4.69) is 26.6 Å². The second-order valence-corrected chi connectivity index (χ2v) is 5.70. The summed E-state index contributed by atoms with van der Waals surface area (Å²) in [6.07, 6.45) is 2.81. The van der Waals surface area contributed by atoms with E-state index >= 15 is 0 Å². The van der Waals surface area contributed by atoms with Gasteiger partial charge >= 0.3 is 0 Å². The minimum atomic E-state index is -0.417. The van der Waals surface area contributed by atoms with Crippen molar-refractivity contribution in [2.24, 2.45) is 5.92 Å². The summed E-state index contributed by atoms with van der Waals surface area (Å²) in [5, 5.41) is 5.42. The van der Waals surface area contributed by atoms with Crippen LogP contribution in [-0.2, 0) is 9.59 Å². The van der Waals surface area contributed by atoms with E-state index in [9.17, 15) is 14.0 Å². The van der Waals surface area contributed by atoms with Gasteiger partial charge in [-0.2, -0.15) is 0 Å². The number of anilines is 1. The lowest BCUT2D eigenvalue weighted by Crippen LogP contribution is -2.26. The van der Waals surface area contributed by atoms with Crippen LogP contribution in [0.4, 0.5) is 10.1 Å². The minimum Gasteiger partial charge on any atom is -0.356 e. The Morgan fingerprint density at radius 3 is 2.75 bits per heavy atom. The lowest BCUT2D eigenvalue weighted by Gasteiger charge is -2.07. The molecular formula is C14H16BrFN2O2. The Hall–Kier alpha value is -1.43. The van der Waals surface area contributed by atoms with Crippen molar-refractivity contribution in [3.63, 3.8) is 0 Å². The lowest BCUT2D eigenvalue weighted by molar-refractivity contribution is -0.122. The van der Waals surface area contributed by atoms with E-state index in [0.29, 0.717) is 29.5 Å². The van der Waals surface area contributed by atoms with E-state index < -0.39 is 5.82 Å². The molecule has 2 rings (SSSR count). The van der Waals surface area contributed by atoms with Crippen molar-refractivity contribution >= 4 is 33.4 Å². The van der Waals surface area contributed by atoms with Gasteiger partial charge in [-0.3, -0.25) is 9.59 Å². The Labute approximate surface area is 125 Å². The quantitative estimate of drug-likeness (QED) is 0.781. The number of benzene rings is 1. The van der Waals surface area contributed by atoms with E-state index in [1.807, 2.05) is 0 Å². The number of carbonyl (C=O) groups excluding carboxylic acids is 2. The van der Waals surface area contributed by atoms with Crippen LogP contribution in [-0.4, -0.2) is 18.4 Å². The van der Waals surface area contributed by atoms with Crippen LogP contribution in [0.15, 0.2) is 22.7 Å². The van der Waals surface area contributed by atoms with Crippen LogP contribution in [0.1, 0.15) is 25.7 Å². The van der Waals surface area contributed by atoms with Gasteiger partial charge in [-0.25, -0.2) is 4.39 Å². The van der Waals surface area contributed by atoms with Gasteiger partial charge in [0, 0.05) is 24.6 Å². The molecule has 0 atom stereocenters. The topological polar surface area (TPSA) is 58.2 Å². The molecule has 0 saturated heterocycles. The minimum absolute atomic E-state index is 0.0837. The van der Waals surface area contributed by atoms with Crippen LogP contribution in [0.3, 0.4) is 0 Å². The van der Waals surface area contributed by atoms with Crippen molar-refractivity contribution in [1.82, 2.24) is 5.32 Å². The molecule has 1 fully saturated rings. The molecule has 1 aromatic carbocycles. The van der Waals surface area contributed by atoms with Crippen LogP contribution < -0.4 is 10.6 Å². The largest absolute Gasteiger partial charge is 0.356 e. The SMILES string of the molecule is O=C(CCCNC(=O)C1CC1)Nc1ccc(Br)c(F)c1. The summed E-state index contributed by atoms with van der Waals surface area (Å²) in [7, 11) is 0. The zero-order valence-electron chi connectivity index (χ0n) is 10.9. The molecule has 108 valence electrons. The Morgan fingerprint density at radius 1 is 1.35 bits per heavy atom. The van der Waals surface area contributed by atoms with Gasteiger partial charge in [0.25, 0.3) is 0 Å². The highest BCUT2D eigenvalue weighted by molar-refractivity contribution is 9.10. The Bertz CT molecular complexity index is 518.